The van der Waals surface area contributed by atoms with Crippen molar-refractivity contribution in [2.75, 3.05) is 13.7 Å². The molecule has 0 spiro atoms. The fraction of sp³-hybridized carbons (Fsp3) is 0.556. The van der Waals surface area contributed by atoms with Crippen LogP contribution in [0.3, 0.4) is 0 Å². The van der Waals surface area contributed by atoms with E-state index in [1.807, 2.05) is 0 Å². The summed E-state index contributed by atoms with van der Waals surface area (Å²) in [5.74, 6) is 0.0466. The van der Waals surface area contributed by atoms with Crippen LogP contribution in [0.25, 0.3) is 0 Å². The van der Waals surface area contributed by atoms with Crippen molar-refractivity contribution < 1.29 is 14.6 Å². The van der Waals surface area contributed by atoms with Crippen LogP contribution in [-0.4, -0.2) is 34.8 Å². The third-order valence-electron chi connectivity index (χ3n) is 1.83. The van der Waals surface area contributed by atoms with Crippen molar-refractivity contribution in [3.05, 3.63) is 17.7 Å². The van der Waals surface area contributed by atoms with Crippen molar-refractivity contribution in [1.29, 1.82) is 0 Å². The maximum Gasteiger partial charge on any atom is 0.303 e. The quantitative estimate of drug-likeness (QED) is 0.702. The zero-order chi connectivity index (χ0) is 10.4. The lowest BCUT2D eigenvalue weighted by Crippen LogP contribution is -1.99. The summed E-state index contributed by atoms with van der Waals surface area (Å²) >= 11 is 0. The molecule has 0 saturated heterocycles. The van der Waals surface area contributed by atoms with E-state index in [-0.39, 0.29) is 6.42 Å². The van der Waals surface area contributed by atoms with Crippen molar-refractivity contribution in [1.82, 2.24) is 9.97 Å². The number of H-pyrrole nitrogens is 1. The summed E-state index contributed by atoms with van der Waals surface area (Å²) in [6.07, 6.45) is 3.03. The second-order valence-corrected chi connectivity index (χ2v) is 2.99. The SMILES string of the molecule is COCCc1ncc(CCC(=O)O)[nH]1. The Morgan fingerprint density at radius 3 is 3.07 bits per heavy atom. The van der Waals surface area contributed by atoms with Gasteiger partial charge in [-0.2, -0.15) is 0 Å². The lowest BCUT2D eigenvalue weighted by Gasteiger charge is -1.95. The molecule has 0 atom stereocenters. The number of nitrogens with zero attached hydrogens (tertiary/aromatic N) is 1. The van der Waals surface area contributed by atoms with Gasteiger partial charge in [-0.1, -0.05) is 0 Å². The van der Waals surface area contributed by atoms with Gasteiger partial charge in [-0.15, -0.1) is 0 Å². The molecule has 1 aromatic rings. The number of hydrogen-bond acceptors (Lipinski definition) is 3. The number of aryl methyl sites for hydroxylation is 1. The van der Waals surface area contributed by atoms with Gasteiger partial charge in [0.25, 0.3) is 0 Å². The van der Waals surface area contributed by atoms with Gasteiger partial charge in [0.15, 0.2) is 0 Å². The van der Waals surface area contributed by atoms with E-state index in [1.165, 1.54) is 0 Å². The van der Waals surface area contributed by atoms with Gasteiger partial charge in [0.2, 0.25) is 0 Å². The number of nitrogens with one attached hydrogen (secondary N) is 1. The first-order valence-corrected chi connectivity index (χ1v) is 4.46. The molecule has 0 aliphatic rings. The van der Waals surface area contributed by atoms with Gasteiger partial charge in [0.05, 0.1) is 13.0 Å². The zero-order valence-corrected chi connectivity index (χ0v) is 8.12. The molecular weight excluding hydrogens is 184 g/mol. The summed E-state index contributed by atoms with van der Waals surface area (Å²) in [5, 5.41) is 8.47. The molecule has 5 heteroatoms. The molecule has 0 aliphatic carbocycles. The number of aromatic amines is 1. The van der Waals surface area contributed by atoms with Crippen LogP contribution < -0.4 is 0 Å². The summed E-state index contributed by atoms with van der Waals surface area (Å²) in [6, 6.07) is 0. The molecule has 2 N–H and O–H groups in total. The summed E-state index contributed by atoms with van der Waals surface area (Å²) < 4.78 is 4.90. The fourth-order valence-corrected chi connectivity index (χ4v) is 1.10. The molecule has 0 radical (unpaired) electrons. The van der Waals surface area contributed by atoms with E-state index in [9.17, 15) is 4.79 Å². The second-order valence-electron chi connectivity index (χ2n) is 2.99. The second kappa shape index (κ2) is 5.39. The minimum Gasteiger partial charge on any atom is -0.481 e. The van der Waals surface area contributed by atoms with Crippen molar-refractivity contribution in [3.63, 3.8) is 0 Å². The van der Waals surface area contributed by atoms with Gasteiger partial charge in [0, 0.05) is 25.4 Å². The van der Waals surface area contributed by atoms with E-state index in [1.54, 1.807) is 13.3 Å². The molecule has 0 amide bonds. The molecule has 14 heavy (non-hydrogen) atoms. The highest BCUT2D eigenvalue weighted by atomic mass is 16.5. The highest BCUT2D eigenvalue weighted by Crippen LogP contribution is 2.01. The predicted molar refractivity (Wildman–Crippen MR) is 50.1 cm³/mol. The van der Waals surface area contributed by atoms with Crippen molar-refractivity contribution in [2.24, 2.45) is 0 Å². The van der Waals surface area contributed by atoms with E-state index in [0.29, 0.717) is 13.0 Å². The summed E-state index contributed by atoms with van der Waals surface area (Å²) in [7, 11) is 1.63. The lowest BCUT2D eigenvalue weighted by atomic mass is 10.2. The van der Waals surface area contributed by atoms with Gasteiger partial charge in [0.1, 0.15) is 5.82 Å². The summed E-state index contributed by atoms with van der Waals surface area (Å²) in [4.78, 5) is 17.4. The maximum atomic E-state index is 10.3. The van der Waals surface area contributed by atoms with Gasteiger partial charge < -0.3 is 14.8 Å². The molecule has 1 aromatic heterocycles. The van der Waals surface area contributed by atoms with Crippen LogP contribution in [0.2, 0.25) is 0 Å². The third kappa shape index (κ3) is 3.57. The Labute approximate surface area is 82.1 Å². The monoisotopic (exact) mass is 198 g/mol. The number of aliphatic carboxylic acids is 1. The minimum absolute atomic E-state index is 0.131. The first-order valence-electron chi connectivity index (χ1n) is 4.46. The Hall–Kier alpha value is -1.36. The van der Waals surface area contributed by atoms with E-state index in [0.717, 1.165) is 17.9 Å². The van der Waals surface area contributed by atoms with Crippen LogP contribution in [0.1, 0.15) is 17.9 Å². The third-order valence-corrected chi connectivity index (χ3v) is 1.83. The average Bonchev–Trinajstić information content (AvgIpc) is 2.59. The van der Waals surface area contributed by atoms with Crippen molar-refractivity contribution in [3.8, 4) is 0 Å². The van der Waals surface area contributed by atoms with E-state index >= 15 is 0 Å². The topological polar surface area (TPSA) is 75.2 Å². The number of aromatic nitrogens is 2. The molecule has 0 unspecified atom stereocenters. The van der Waals surface area contributed by atoms with Crippen LogP contribution >= 0.6 is 0 Å². The molecule has 0 saturated carbocycles. The van der Waals surface area contributed by atoms with Gasteiger partial charge in [-0.3, -0.25) is 4.79 Å². The number of imidazole rings is 1. The highest BCUT2D eigenvalue weighted by Gasteiger charge is 2.02. The number of carboxylic acid groups (broad SMARTS) is 1. The van der Waals surface area contributed by atoms with Crippen molar-refractivity contribution in [2.45, 2.75) is 19.3 Å². The molecule has 78 valence electrons. The first kappa shape index (κ1) is 10.7. The summed E-state index contributed by atoms with van der Waals surface area (Å²) in [5.41, 5.74) is 0.860. The number of carbonyl (C=O) groups is 1. The Bertz CT molecular complexity index is 296. The number of methoxy groups -OCH3 is 1. The normalized spacial score (nSPS) is 10.4. The van der Waals surface area contributed by atoms with E-state index < -0.39 is 5.97 Å². The molecule has 0 aliphatic heterocycles. The van der Waals surface area contributed by atoms with Gasteiger partial charge in [-0.25, -0.2) is 4.98 Å². The van der Waals surface area contributed by atoms with E-state index in [2.05, 4.69) is 9.97 Å². The maximum absolute atomic E-state index is 10.3. The van der Waals surface area contributed by atoms with Crippen molar-refractivity contribution >= 4 is 5.97 Å². The Morgan fingerprint density at radius 1 is 1.64 bits per heavy atom. The number of hydrogen-bond donors (Lipinski definition) is 2. The Balaban J connectivity index is 2.38. The number of rotatable bonds is 6. The predicted octanol–water partition coefficient (Wildman–Crippen LogP) is 0.616. The van der Waals surface area contributed by atoms with Crippen LogP contribution in [0.4, 0.5) is 0 Å². The van der Waals surface area contributed by atoms with E-state index in [4.69, 9.17) is 9.84 Å². The zero-order valence-electron chi connectivity index (χ0n) is 8.12. The van der Waals surface area contributed by atoms with Gasteiger partial charge in [-0.05, 0) is 6.42 Å². The molecule has 1 rings (SSSR count). The van der Waals surface area contributed by atoms with Crippen LogP contribution in [0, 0.1) is 0 Å². The lowest BCUT2D eigenvalue weighted by molar-refractivity contribution is -0.136. The van der Waals surface area contributed by atoms with Gasteiger partial charge >= 0.3 is 5.97 Å². The molecule has 1 heterocycles. The van der Waals surface area contributed by atoms with Crippen LogP contribution in [0.5, 0.6) is 0 Å². The molecule has 5 nitrogen and oxygen atoms in total. The average molecular weight is 198 g/mol. The van der Waals surface area contributed by atoms with Crippen LogP contribution in [0.15, 0.2) is 6.20 Å². The fourth-order valence-electron chi connectivity index (χ4n) is 1.10. The largest absolute Gasteiger partial charge is 0.481 e. The summed E-state index contributed by atoms with van der Waals surface area (Å²) in [6.45, 7) is 0.617. The Kier molecular flexibility index (Phi) is 4.12. The molecule has 0 bridgehead atoms. The standard InChI is InChI=1S/C9H14N2O3/c1-14-5-4-8-10-6-7(11-8)2-3-9(12)13/h6H,2-5H2,1H3,(H,10,11)(H,12,13). The number of carboxylic acids is 1. The molecular formula is C9H14N2O3. The Morgan fingerprint density at radius 2 is 2.43 bits per heavy atom. The first-order chi connectivity index (χ1) is 6.72. The highest BCUT2D eigenvalue weighted by molar-refractivity contribution is 5.66. The smallest absolute Gasteiger partial charge is 0.303 e. The number of ether oxygens (including phenoxy) is 1. The minimum atomic E-state index is -0.793. The molecule has 0 fully saturated rings. The molecule has 0 aromatic carbocycles. The van der Waals surface area contributed by atoms with Crippen LogP contribution in [-0.2, 0) is 22.4 Å².